The lowest BCUT2D eigenvalue weighted by Gasteiger charge is -2.10. The molecule has 0 bridgehead atoms. The number of aromatic nitrogens is 2. The lowest BCUT2D eigenvalue weighted by atomic mass is 10.2. The van der Waals surface area contributed by atoms with Gasteiger partial charge in [0, 0.05) is 23.5 Å². The summed E-state index contributed by atoms with van der Waals surface area (Å²) in [6.07, 6.45) is -4.90. The molecule has 6 nitrogen and oxygen atoms in total. The zero-order valence-electron chi connectivity index (χ0n) is 12.0. The summed E-state index contributed by atoms with van der Waals surface area (Å²) < 4.78 is 70.8. The van der Waals surface area contributed by atoms with E-state index in [1.165, 1.54) is 0 Å². The number of benzene rings is 1. The number of hydrogen-bond acceptors (Lipinski definition) is 6. The maximum absolute atomic E-state index is 12.2. The summed E-state index contributed by atoms with van der Waals surface area (Å²) >= 11 is 0.851. The van der Waals surface area contributed by atoms with Crippen LogP contribution in [0.15, 0.2) is 29.2 Å². The maximum Gasteiger partial charge on any atom is 0.573 e. The zero-order valence-corrected chi connectivity index (χ0v) is 13.6. The number of halogens is 3. The Hall–Kier alpha value is -1.88. The summed E-state index contributed by atoms with van der Waals surface area (Å²) in [7, 11) is -4.09. The van der Waals surface area contributed by atoms with Crippen molar-refractivity contribution in [2.24, 2.45) is 0 Å². The van der Waals surface area contributed by atoms with E-state index in [9.17, 15) is 21.6 Å². The Kier molecular flexibility index (Phi) is 4.80. The molecule has 0 spiro atoms. The van der Waals surface area contributed by atoms with E-state index in [1.54, 1.807) is 0 Å². The van der Waals surface area contributed by atoms with Crippen LogP contribution < -0.4 is 9.46 Å². The van der Waals surface area contributed by atoms with E-state index in [1.807, 2.05) is 13.8 Å². The average molecular weight is 367 g/mol. The van der Waals surface area contributed by atoms with E-state index in [2.05, 4.69) is 18.8 Å². The predicted molar refractivity (Wildman–Crippen MR) is 77.9 cm³/mol. The Bertz CT molecular complexity index is 788. The molecule has 0 saturated heterocycles. The van der Waals surface area contributed by atoms with Crippen LogP contribution in [0.2, 0.25) is 0 Å². The highest BCUT2D eigenvalue weighted by molar-refractivity contribution is 7.93. The number of hydrogen-bond donors (Lipinski definition) is 1. The summed E-state index contributed by atoms with van der Waals surface area (Å²) in [4.78, 5) is 3.63. The molecule has 23 heavy (non-hydrogen) atoms. The Morgan fingerprint density at radius 1 is 1.30 bits per heavy atom. The molecule has 0 atom stereocenters. The molecule has 126 valence electrons. The van der Waals surface area contributed by atoms with Crippen LogP contribution in [0.5, 0.6) is 5.75 Å². The summed E-state index contributed by atoms with van der Waals surface area (Å²) in [5.41, 5.74) is 0. The highest BCUT2D eigenvalue weighted by Crippen LogP contribution is 2.26. The van der Waals surface area contributed by atoms with Crippen LogP contribution in [0, 0.1) is 0 Å². The van der Waals surface area contributed by atoms with Crippen molar-refractivity contribution in [1.82, 2.24) is 9.36 Å². The van der Waals surface area contributed by atoms with E-state index in [-0.39, 0.29) is 15.9 Å². The predicted octanol–water partition coefficient (Wildman–Crippen LogP) is 3.36. The molecule has 0 unspecified atom stereocenters. The first kappa shape index (κ1) is 17.5. The second-order valence-corrected chi connectivity index (χ2v) is 7.17. The van der Waals surface area contributed by atoms with Crippen molar-refractivity contribution in [3.63, 3.8) is 0 Å². The van der Waals surface area contributed by atoms with Crippen LogP contribution in [0.25, 0.3) is 0 Å². The zero-order chi connectivity index (χ0) is 17.3. The number of alkyl halides is 3. The van der Waals surface area contributed by atoms with Gasteiger partial charge in [0.1, 0.15) is 11.6 Å². The minimum Gasteiger partial charge on any atom is -0.406 e. The summed E-state index contributed by atoms with van der Waals surface area (Å²) in [6.45, 7) is 3.69. The highest BCUT2D eigenvalue weighted by atomic mass is 32.2. The number of nitrogens with one attached hydrogen (secondary N) is 1. The number of anilines is 1. The van der Waals surface area contributed by atoms with Crippen molar-refractivity contribution in [3.05, 3.63) is 30.1 Å². The Labute approximate surface area is 134 Å². The minimum absolute atomic E-state index is 0.0213. The number of ether oxygens (including phenoxy) is 1. The van der Waals surface area contributed by atoms with Crippen LogP contribution >= 0.6 is 11.5 Å². The molecule has 1 aromatic carbocycles. The topological polar surface area (TPSA) is 81.2 Å². The van der Waals surface area contributed by atoms with E-state index >= 15 is 0 Å². The number of rotatable bonds is 5. The van der Waals surface area contributed by atoms with Crippen molar-refractivity contribution in [3.8, 4) is 5.75 Å². The van der Waals surface area contributed by atoms with Crippen molar-refractivity contribution in [2.45, 2.75) is 31.0 Å². The van der Waals surface area contributed by atoms with Gasteiger partial charge in [-0.25, -0.2) is 13.4 Å². The second kappa shape index (κ2) is 6.32. The molecule has 1 heterocycles. The standard InChI is InChI=1S/C12H12F3N3O3S2/c1-7(2)10-16-11(22-17-10)18-23(19,20)9-5-3-4-8(6-9)21-12(13,14)15/h3-7H,1-2H3,(H,16,17,18). The fraction of sp³-hybridized carbons (Fsp3) is 0.333. The Morgan fingerprint density at radius 3 is 2.57 bits per heavy atom. The molecule has 0 aliphatic carbocycles. The average Bonchev–Trinajstić information content (AvgIpc) is 2.85. The molecule has 0 radical (unpaired) electrons. The van der Waals surface area contributed by atoms with Crippen LogP contribution in [-0.2, 0) is 10.0 Å². The van der Waals surface area contributed by atoms with Gasteiger partial charge in [-0.05, 0) is 12.1 Å². The lowest BCUT2D eigenvalue weighted by molar-refractivity contribution is -0.274. The first-order valence-corrected chi connectivity index (χ1v) is 8.55. The largest absolute Gasteiger partial charge is 0.573 e. The van der Waals surface area contributed by atoms with Crippen molar-refractivity contribution in [1.29, 1.82) is 0 Å². The van der Waals surface area contributed by atoms with Gasteiger partial charge in [0.2, 0.25) is 5.13 Å². The summed E-state index contributed by atoms with van der Waals surface area (Å²) in [5, 5.41) is 0.0378. The van der Waals surface area contributed by atoms with Gasteiger partial charge in [-0.2, -0.15) is 4.37 Å². The molecular formula is C12H12F3N3O3S2. The fourth-order valence-corrected chi connectivity index (χ4v) is 3.49. The first-order chi connectivity index (χ1) is 10.6. The van der Waals surface area contributed by atoms with E-state index < -0.39 is 22.1 Å². The van der Waals surface area contributed by atoms with Gasteiger partial charge in [-0.15, -0.1) is 13.2 Å². The quantitative estimate of drug-likeness (QED) is 0.876. The van der Waals surface area contributed by atoms with Gasteiger partial charge in [-0.3, -0.25) is 4.72 Å². The van der Waals surface area contributed by atoms with Gasteiger partial charge in [-0.1, -0.05) is 19.9 Å². The van der Waals surface area contributed by atoms with Crippen LogP contribution in [0.1, 0.15) is 25.6 Å². The summed E-state index contributed by atoms with van der Waals surface area (Å²) in [5.74, 6) is -0.129. The second-order valence-electron chi connectivity index (χ2n) is 4.74. The minimum atomic E-state index is -4.90. The van der Waals surface area contributed by atoms with Crippen LogP contribution in [0.3, 0.4) is 0 Å². The van der Waals surface area contributed by atoms with E-state index in [0.29, 0.717) is 5.82 Å². The third-order valence-corrected chi connectivity index (χ3v) is 4.64. The molecule has 0 saturated carbocycles. The Morgan fingerprint density at radius 2 is 2.00 bits per heavy atom. The third kappa shape index (κ3) is 4.79. The lowest BCUT2D eigenvalue weighted by Crippen LogP contribution is -2.18. The van der Waals surface area contributed by atoms with E-state index in [0.717, 1.165) is 35.8 Å². The van der Waals surface area contributed by atoms with Gasteiger partial charge >= 0.3 is 6.36 Å². The fourth-order valence-electron chi connectivity index (χ4n) is 1.52. The van der Waals surface area contributed by atoms with Gasteiger partial charge in [0.15, 0.2) is 0 Å². The molecule has 0 aliphatic heterocycles. The van der Waals surface area contributed by atoms with Crippen LogP contribution in [-0.4, -0.2) is 24.1 Å². The van der Waals surface area contributed by atoms with Gasteiger partial charge in [0.25, 0.3) is 10.0 Å². The molecule has 1 N–H and O–H groups in total. The normalized spacial score (nSPS) is 12.4. The summed E-state index contributed by atoms with van der Waals surface area (Å²) in [6, 6.07) is 4.08. The molecular weight excluding hydrogens is 355 g/mol. The monoisotopic (exact) mass is 367 g/mol. The molecule has 2 aromatic rings. The molecule has 2 rings (SSSR count). The SMILES string of the molecule is CC(C)c1nsc(NS(=O)(=O)c2cccc(OC(F)(F)F)c2)n1. The highest BCUT2D eigenvalue weighted by Gasteiger charge is 2.31. The molecule has 0 fully saturated rings. The number of sulfonamides is 1. The first-order valence-electron chi connectivity index (χ1n) is 6.29. The number of nitrogens with zero attached hydrogens (tertiary/aromatic N) is 2. The molecule has 1 aromatic heterocycles. The molecule has 0 aliphatic rings. The van der Waals surface area contributed by atoms with E-state index in [4.69, 9.17) is 0 Å². The molecule has 0 amide bonds. The van der Waals surface area contributed by atoms with Crippen molar-refractivity contribution >= 4 is 26.7 Å². The van der Waals surface area contributed by atoms with Gasteiger partial charge < -0.3 is 4.74 Å². The third-order valence-electron chi connectivity index (χ3n) is 2.53. The molecule has 11 heteroatoms. The smallest absolute Gasteiger partial charge is 0.406 e. The maximum atomic E-state index is 12.2. The van der Waals surface area contributed by atoms with Gasteiger partial charge in [0.05, 0.1) is 4.90 Å². The van der Waals surface area contributed by atoms with Crippen molar-refractivity contribution in [2.75, 3.05) is 4.72 Å². The Balaban J connectivity index is 2.23. The van der Waals surface area contributed by atoms with Crippen LogP contribution in [0.4, 0.5) is 18.3 Å². The van der Waals surface area contributed by atoms with Crippen molar-refractivity contribution < 1.29 is 26.3 Å².